The number of likely N-dealkylation sites (N-methyl/N-ethyl adjacent to an activating group) is 1. The number of carbonyl (C=O) groups is 3. The summed E-state index contributed by atoms with van der Waals surface area (Å²) in [6, 6.07) is -0.734. The lowest BCUT2D eigenvalue weighted by molar-refractivity contribution is -0.889. The van der Waals surface area contributed by atoms with Gasteiger partial charge >= 0.3 is 11.9 Å². The molecule has 0 aromatic heterocycles. The molecule has 0 aromatic carbocycles. The molecule has 0 heterocycles. The Bertz CT molecular complexity index is 1270. The predicted octanol–water partition coefficient (Wildman–Crippen LogP) is 12.4. The Morgan fingerprint density at radius 2 is 0.869 bits per heavy atom. The Morgan fingerprint density at radius 1 is 0.492 bits per heavy atom. The van der Waals surface area contributed by atoms with Crippen LogP contribution in [-0.4, -0.2) is 75.5 Å². The minimum absolute atomic E-state index is 0.0274. The van der Waals surface area contributed by atoms with E-state index >= 15 is 0 Å². The molecule has 0 spiro atoms. The molecular formula is C53H89NO7. The maximum Gasteiger partial charge on any atom is 0.306 e. The molecule has 348 valence electrons. The van der Waals surface area contributed by atoms with E-state index in [9.17, 15) is 19.5 Å². The lowest BCUT2D eigenvalue weighted by atomic mass is 10.0. The van der Waals surface area contributed by atoms with Gasteiger partial charge in [0.2, 0.25) is 0 Å². The third-order valence-electron chi connectivity index (χ3n) is 10.3. The molecule has 0 bridgehead atoms. The summed E-state index contributed by atoms with van der Waals surface area (Å²) in [5.74, 6) is -1.78. The average Bonchev–Trinajstić information content (AvgIpc) is 3.22. The SMILES string of the molecule is CC/C=C/C/C=C/C/C=C/C/C=C/CCCCCCCCCCCCC(=O)OC(COCCC(C(=O)[O-])[N+](C)(C)C)COC(=O)CCCCCC/C=C/C/C=C/C/C=C/CC. The van der Waals surface area contributed by atoms with Crippen LogP contribution in [0.5, 0.6) is 0 Å². The van der Waals surface area contributed by atoms with Gasteiger partial charge in [-0.25, -0.2) is 0 Å². The highest BCUT2D eigenvalue weighted by molar-refractivity contribution is 5.70. The average molecular weight is 852 g/mol. The Morgan fingerprint density at radius 3 is 1.28 bits per heavy atom. The molecule has 0 N–H and O–H groups in total. The molecule has 0 saturated carbocycles. The van der Waals surface area contributed by atoms with Crippen LogP contribution in [0.3, 0.4) is 0 Å². The Balaban J connectivity index is 4.29. The lowest BCUT2D eigenvalue weighted by Crippen LogP contribution is -2.55. The summed E-state index contributed by atoms with van der Waals surface area (Å²) in [6.07, 6.45) is 56.1. The third kappa shape index (κ3) is 41.6. The molecule has 8 heteroatoms. The van der Waals surface area contributed by atoms with Crippen molar-refractivity contribution in [1.82, 2.24) is 0 Å². The van der Waals surface area contributed by atoms with E-state index in [0.717, 1.165) is 103 Å². The van der Waals surface area contributed by atoms with Crippen molar-refractivity contribution in [1.29, 1.82) is 0 Å². The van der Waals surface area contributed by atoms with Crippen LogP contribution < -0.4 is 5.11 Å². The highest BCUT2D eigenvalue weighted by Gasteiger charge is 2.25. The van der Waals surface area contributed by atoms with Gasteiger partial charge in [0.05, 0.1) is 40.3 Å². The maximum absolute atomic E-state index is 12.8. The molecule has 0 aromatic rings. The molecule has 2 atom stereocenters. The fourth-order valence-electron chi connectivity index (χ4n) is 6.61. The van der Waals surface area contributed by atoms with Crippen molar-refractivity contribution in [3.63, 3.8) is 0 Å². The molecule has 0 fully saturated rings. The fraction of sp³-hybridized carbons (Fsp3) is 0.679. The van der Waals surface area contributed by atoms with Gasteiger partial charge in [-0.1, -0.05) is 163 Å². The second-order valence-electron chi connectivity index (χ2n) is 16.9. The van der Waals surface area contributed by atoms with Crippen molar-refractivity contribution in [2.45, 2.75) is 193 Å². The van der Waals surface area contributed by atoms with Gasteiger partial charge in [-0.2, -0.15) is 0 Å². The van der Waals surface area contributed by atoms with E-state index in [1.165, 1.54) is 44.9 Å². The Hall–Kier alpha value is -3.49. The second kappa shape index (κ2) is 43.2. The molecule has 2 unspecified atom stereocenters. The van der Waals surface area contributed by atoms with Crippen LogP contribution in [0.4, 0.5) is 0 Å². The second-order valence-corrected chi connectivity index (χ2v) is 16.9. The van der Waals surface area contributed by atoms with Gasteiger partial charge in [-0.3, -0.25) is 9.59 Å². The van der Waals surface area contributed by atoms with Gasteiger partial charge in [-0.05, 0) is 83.5 Å². The number of nitrogens with zero attached hydrogens (tertiary/aromatic N) is 1. The molecule has 0 aliphatic carbocycles. The molecular weight excluding hydrogens is 763 g/mol. The first-order chi connectivity index (χ1) is 29.6. The van der Waals surface area contributed by atoms with Crippen LogP contribution in [0.25, 0.3) is 0 Å². The van der Waals surface area contributed by atoms with E-state index in [-0.39, 0.29) is 42.7 Å². The summed E-state index contributed by atoms with van der Waals surface area (Å²) in [6.45, 7) is 4.40. The number of hydrogen-bond donors (Lipinski definition) is 0. The van der Waals surface area contributed by atoms with E-state index in [2.05, 4.69) is 98.9 Å². The van der Waals surface area contributed by atoms with Crippen molar-refractivity contribution in [3.8, 4) is 0 Å². The van der Waals surface area contributed by atoms with Crippen LogP contribution >= 0.6 is 0 Å². The number of hydrogen-bond acceptors (Lipinski definition) is 7. The van der Waals surface area contributed by atoms with Crippen LogP contribution in [0.2, 0.25) is 0 Å². The Labute approximate surface area is 373 Å². The smallest absolute Gasteiger partial charge is 0.306 e. The number of carbonyl (C=O) groups excluding carboxylic acids is 3. The number of allylic oxidation sites excluding steroid dienone is 14. The number of unbranched alkanes of at least 4 members (excludes halogenated alkanes) is 14. The maximum atomic E-state index is 12.8. The minimum atomic E-state index is -1.13. The summed E-state index contributed by atoms with van der Waals surface area (Å²) in [4.78, 5) is 36.9. The number of aliphatic carboxylic acids is 1. The van der Waals surface area contributed by atoms with E-state index < -0.39 is 18.1 Å². The first-order valence-electron chi connectivity index (χ1n) is 24.1. The van der Waals surface area contributed by atoms with Crippen LogP contribution in [0.1, 0.15) is 181 Å². The van der Waals surface area contributed by atoms with Crippen molar-refractivity contribution in [2.75, 3.05) is 41.0 Å². The number of carboxylic acids is 1. The molecule has 8 nitrogen and oxygen atoms in total. The van der Waals surface area contributed by atoms with Crippen LogP contribution in [0, 0.1) is 0 Å². The van der Waals surface area contributed by atoms with Crippen LogP contribution in [0.15, 0.2) is 85.1 Å². The molecule has 0 aliphatic heterocycles. The molecule has 0 aliphatic rings. The highest BCUT2D eigenvalue weighted by atomic mass is 16.6. The zero-order valence-electron chi connectivity index (χ0n) is 39.5. The summed E-state index contributed by atoms with van der Waals surface area (Å²) < 4.78 is 17.2. The normalized spacial score (nSPS) is 13.7. The minimum Gasteiger partial charge on any atom is -0.544 e. The number of ether oxygens (including phenoxy) is 3. The number of rotatable bonds is 42. The van der Waals surface area contributed by atoms with Gasteiger partial charge < -0.3 is 28.6 Å². The first kappa shape index (κ1) is 57.5. The predicted molar refractivity (Wildman–Crippen MR) is 254 cm³/mol. The first-order valence-corrected chi connectivity index (χ1v) is 24.1. The highest BCUT2D eigenvalue weighted by Crippen LogP contribution is 2.14. The third-order valence-corrected chi connectivity index (χ3v) is 10.3. The quantitative estimate of drug-likeness (QED) is 0.0261. The summed E-state index contributed by atoms with van der Waals surface area (Å²) in [5, 5.41) is 11.6. The topological polar surface area (TPSA) is 102 Å². The van der Waals surface area contributed by atoms with E-state index in [4.69, 9.17) is 14.2 Å². The number of esters is 2. The Kier molecular flexibility index (Phi) is 40.7. The summed E-state index contributed by atoms with van der Waals surface area (Å²) in [7, 11) is 5.40. The van der Waals surface area contributed by atoms with E-state index in [1.54, 1.807) is 21.1 Å². The van der Waals surface area contributed by atoms with Crippen molar-refractivity contribution in [3.05, 3.63) is 85.1 Å². The van der Waals surface area contributed by atoms with E-state index in [0.29, 0.717) is 12.8 Å². The van der Waals surface area contributed by atoms with Crippen molar-refractivity contribution < 1.29 is 38.2 Å². The summed E-state index contributed by atoms with van der Waals surface area (Å²) >= 11 is 0. The number of carboxylic acid groups (broad SMARTS) is 1. The van der Waals surface area contributed by atoms with Crippen LogP contribution in [-0.2, 0) is 28.6 Å². The molecule has 0 saturated heterocycles. The summed E-state index contributed by atoms with van der Waals surface area (Å²) in [5.41, 5.74) is 0. The molecule has 0 rings (SSSR count). The van der Waals surface area contributed by atoms with Gasteiger partial charge in [0.25, 0.3) is 0 Å². The lowest BCUT2D eigenvalue weighted by Gasteiger charge is -2.34. The van der Waals surface area contributed by atoms with Crippen molar-refractivity contribution >= 4 is 17.9 Å². The zero-order valence-corrected chi connectivity index (χ0v) is 39.5. The monoisotopic (exact) mass is 852 g/mol. The van der Waals surface area contributed by atoms with Gasteiger partial charge in [-0.15, -0.1) is 0 Å². The fourth-order valence-corrected chi connectivity index (χ4v) is 6.61. The zero-order chi connectivity index (χ0) is 44.9. The van der Waals surface area contributed by atoms with Crippen molar-refractivity contribution in [2.24, 2.45) is 0 Å². The van der Waals surface area contributed by atoms with E-state index in [1.807, 2.05) is 0 Å². The van der Waals surface area contributed by atoms with Gasteiger partial charge in [0.1, 0.15) is 12.6 Å². The largest absolute Gasteiger partial charge is 0.544 e. The molecule has 0 radical (unpaired) electrons. The molecule has 0 amide bonds. The van der Waals surface area contributed by atoms with Gasteiger partial charge in [0, 0.05) is 19.3 Å². The molecule has 61 heavy (non-hydrogen) atoms. The van der Waals surface area contributed by atoms with Gasteiger partial charge in [0.15, 0.2) is 6.10 Å². The standard InChI is InChI=1S/C53H89NO7/c1-6-8-10-12-14-16-18-20-22-23-24-25-26-27-28-29-30-32-34-36-38-40-42-44-52(56)61-49(47-59-46-45-50(53(57)58)54(3,4)5)48-60-51(55)43-41-39-37-35-33-31-21-19-17-15-13-11-9-7-2/h8-11,14-17,20-22,24-25,31,49-50H,6-7,12-13,18-19,23,26-30,32-48H2,1-5H3/b10-8+,11-9+,16-14+,17-15+,22-20+,25-24+,31-21+. The number of quaternary nitrogens is 1.